The van der Waals surface area contributed by atoms with Gasteiger partial charge in [0, 0.05) is 13.6 Å². The van der Waals surface area contributed by atoms with Gasteiger partial charge in [0.15, 0.2) is 12.4 Å². The van der Waals surface area contributed by atoms with Gasteiger partial charge in [-0.1, -0.05) is 37.6 Å². The Hall–Kier alpha value is -2.24. The summed E-state index contributed by atoms with van der Waals surface area (Å²) in [5.74, 6) is 0.706. The normalized spacial score (nSPS) is 12.8. The average molecular weight is 293 g/mol. The summed E-state index contributed by atoms with van der Waals surface area (Å²) in [6.07, 6.45) is 1.02. The third kappa shape index (κ3) is 4.98. The fraction of sp³-hybridized carbons (Fsp3) is 0.467. The first-order valence-corrected chi connectivity index (χ1v) is 6.93. The highest BCUT2D eigenvalue weighted by Gasteiger charge is 2.14. The molecule has 0 saturated heterocycles. The quantitative estimate of drug-likeness (QED) is 0.346. The number of benzene rings is 1. The third-order valence-corrected chi connectivity index (χ3v) is 3.33. The van der Waals surface area contributed by atoms with Crippen molar-refractivity contribution >= 4 is 11.7 Å². The van der Waals surface area contributed by atoms with Crippen LogP contribution in [0.1, 0.15) is 25.8 Å². The van der Waals surface area contributed by atoms with Crippen molar-refractivity contribution in [2.75, 3.05) is 20.2 Å². The first-order valence-electron chi connectivity index (χ1n) is 6.93. The van der Waals surface area contributed by atoms with E-state index in [0.717, 1.165) is 6.42 Å². The Morgan fingerprint density at radius 1 is 1.48 bits per heavy atom. The summed E-state index contributed by atoms with van der Waals surface area (Å²) in [6.45, 7) is 4.80. The van der Waals surface area contributed by atoms with E-state index in [-0.39, 0.29) is 18.3 Å². The standard InChI is InChI=1S/C15H23N3O3/c1-4-11(2)9-18(3)14(19)10-21-13-8-6-5-7-12(13)15(16)17-20/h5-8,11,20H,4,9-10H2,1-3H3,(H2,16,17). The molecule has 1 unspecified atom stereocenters. The lowest BCUT2D eigenvalue weighted by molar-refractivity contribution is -0.132. The molecule has 0 spiro atoms. The second kappa shape index (κ2) is 8.14. The van der Waals surface area contributed by atoms with Crippen LogP contribution in [-0.4, -0.2) is 42.0 Å². The molecule has 0 aliphatic heterocycles. The summed E-state index contributed by atoms with van der Waals surface area (Å²) in [7, 11) is 1.76. The minimum atomic E-state index is -0.107. The molecule has 0 aromatic heterocycles. The van der Waals surface area contributed by atoms with Gasteiger partial charge >= 0.3 is 0 Å². The molecule has 1 amide bonds. The maximum Gasteiger partial charge on any atom is 0.260 e. The van der Waals surface area contributed by atoms with Crippen LogP contribution in [0.5, 0.6) is 5.75 Å². The van der Waals surface area contributed by atoms with Crippen molar-refractivity contribution in [3.8, 4) is 5.75 Å². The van der Waals surface area contributed by atoms with Gasteiger partial charge in [0.05, 0.1) is 5.56 Å². The van der Waals surface area contributed by atoms with E-state index in [1.54, 1.807) is 36.2 Å². The number of para-hydroxylation sites is 1. The van der Waals surface area contributed by atoms with Crippen LogP contribution in [0.4, 0.5) is 0 Å². The number of hydrogen-bond acceptors (Lipinski definition) is 4. The first kappa shape index (κ1) is 16.8. The van der Waals surface area contributed by atoms with E-state index in [1.807, 2.05) is 0 Å². The zero-order valence-corrected chi connectivity index (χ0v) is 12.7. The van der Waals surface area contributed by atoms with Gasteiger partial charge in [-0.05, 0) is 18.1 Å². The Bertz CT molecular complexity index is 503. The van der Waals surface area contributed by atoms with Gasteiger partial charge in [-0.2, -0.15) is 0 Å². The number of carbonyl (C=O) groups excluding carboxylic acids is 1. The van der Waals surface area contributed by atoms with E-state index in [1.165, 1.54) is 0 Å². The second-order valence-corrected chi connectivity index (χ2v) is 5.06. The molecule has 3 N–H and O–H groups in total. The molecule has 0 saturated carbocycles. The predicted molar refractivity (Wildman–Crippen MR) is 81.5 cm³/mol. The molecular formula is C15H23N3O3. The van der Waals surface area contributed by atoms with Crippen molar-refractivity contribution in [2.45, 2.75) is 20.3 Å². The Morgan fingerprint density at radius 2 is 2.14 bits per heavy atom. The average Bonchev–Trinajstić information content (AvgIpc) is 2.51. The topological polar surface area (TPSA) is 88.2 Å². The molecule has 0 aliphatic rings. The van der Waals surface area contributed by atoms with Crippen molar-refractivity contribution in [2.24, 2.45) is 16.8 Å². The van der Waals surface area contributed by atoms with Gasteiger partial charge in [0.2, 0.25) is 0 Å². The van der Waals surface area contributed by atoms with Crippen LogP contribution in [0.15, 0.2) is 29.4 Å². The Labute approximate surface area is 125 Å². The van der Waals surface area contributed by atoms with Crippen molar-refractivity contribution in [1.29, 1.82) is 0 Å². The smallest absolute Gasteiger partial charge is 0.260 e. The summed E-state index contributed by atoms with van der Waals surface area (Å²) in [5.41, 5.74) is 6.03. The highest BCUT2D eigenvalue weighted by molar-refractivity contribution is 5.99. The van der Waals surface area contributed by atoms with Crippen molar-refractivity contribution in [3.05, 3.63) is 29.8 Å². The summed E-state index contributed by atoms with van der Waals surface area (Å²) in [6, 6.07) is 6.85. The number of likely N-dealkylation sites (N-methyl/N-ethyl adjacent to an activating group) is 1. The van der Waals surface area contributed by atoms with Gasteiger partial charge in [0.1, 0.15) is 5.75 Å². The molecule has 1 atom stereocenters. The van der Waals surface area contributed by atoms with E-state index < -0.39 is 0 Å². The number of ether oxygens (including phenoxy) is 1. The van der Waals surface area contributed by atoms with E-state index in [0.29, 0.717) is 23.8 Å². The molecule has 1 aromatic carbocycles. The molecule has 0 heterocycles. The molecule has 1 aromatic rings. The minimum absolute atomic E-state index is 0.0500. The Morgan fingerprint density at radius 3 is 2.76 bits per heavy atom. The number of oxime groups is 1. The van der Waals surface area contributed by atoms with Crippen LogP contribution in [0.2, 0.25) is 0 Å². The molecule has 116 valence electrons. The van der Waals surface area contributed by atoms with E-state index in [9.17, 15) is 4.79 Å². The monoisotopic (exact) mass is 293 g/mol. The van der Waals surface area contributed by atoms with E-state index in [4.69, 9.17) is 15.7 Å². The SMILES string of the molecule is CCC(C)CN(C)C(=O)COc1ccccc1/C(N)=N/O. The molecule has 21 heavy (non-hydrogen) atoms. The largest absolute Gasteiger partial charge is 0.483 e. The molecule has 0 aliphatic carbocycles. The van der Waals surface area contributed by atoms with E-state index >= 15 is 0 Å². The van der Waals surface area contributed by atoms with Crippen LogP contribution in [-0.2, 0) is 4.79 Å². The third-order valence-electron chi connectivity index (χ3n) is 3.33. The maximum atomic E-state index is 12.0. The van der Waals surface area contributed by atoms with Crippen molar-refractivity contribution in [3.63, 3.8) is 0 Å². The second-order valence-electron chi connectivity index (χ2n) is 5.06. The highest BCUT2D eigenvalue weighted by atomic mass is 16.5. The molecule has 1 rings (SSSR count). The molecule has 0 radical (unpaired) electrons. The molecule has 0 fully saturated rings. The van der Waals surface area contributed by atoms with Gasteiger partial charge in [-0.15, -0.1) is 0 Å². The van der Waals surface area contributed by atoms with Crippen LogP contribution in [0.25, 0.3) is 0 Å². The summed E-state index contributed by atoms with van der Waals surface area (Å²) in [5, 5.41) is 11.7. The zero-order valence-electron chi connectivity index (χ0n) is 12.7. The number of rotatable bonds is 7. The maximum absolute atomic E-state index is 12.0. The van der Waals surface area contributed by atoms with Crippen LogP contribution in [0.3, 0.4) is 0 Å². The fourth-order valence-corrected chi connectivity index (χ4v) is 1.81. The summed E-state index contributed by atoms with van der Waals surface area (Å²) in [4.78, 5) is 13.7. The highest BCUT2D eigenvalue weighted by Crippen LogP contribution is 2.17. The lowest BCUT2D eigenvalue weighted by Crippen LogP contribution is -2.34. The van der Waals surface area contributed by atoms with E-state index in [2.05, 4.69) is 19.0 Å². The Balaban J connectivity index is 2.65. The van der Waals surface area contributed by atoms with Crippen molar-refractivity contribution < 1.29 is 14.7 Å². The first-order chi connectivity index (χ1) is 9.99. The predicted octanol–water partition coefficient (Wildman–Crippen LogP) is 1.66. The number of carbonyl (C=O) groups is 1. The summed E-state index contributed by atoms with van der Waals surface area (Å²) >= 11 is 0. The van der Waals surface area contributed by atoms with Crippen LogP contribution in [0, 0.1) is 5.92 Å². The number of amidine groups is 1. The van der Waals surface area contributed by atoms with Crippen LogP contribution >= 0.6 is 0 Å². The van der Waals surface area contributed by atoms with Crippen LogP contribution < -0.4 is 10.5 Å². The number of hydrogen-bond donors (Lipinski definition) is 2. The zero-order chi connectivity index (χ0) is 15.8. The molecular weight excluding hydrogens is 270 g/mol. The Kier molecular flexibility index (Phi) is 6.52. The van der Waals surface area contributed by atoms with Gasteiger partial charge in [-0.3, -0.25) is 4.79 Å². The number of amides is 1. The molecule has 0 bridgehead atoms. The number of nitrogens with zero attached hydrogens (tertiary/aromatic N) is 2. The van der Waals surface area contributed by atoms with Crippen molar-refractivity contribution in [1.82, 2.24) is 4.90 Å². The molecule has 6 heteroatoms. The lowest BCUT2D eigenvalue weighted by Gasteiger charge is -2.21. The van der Waals surface area contributed by atoms with Gasteiger partial charge in [0.25, 0.3) is 5.91 Å². The summed E-state index contributed by atoms with van der Waals surface area (Å²) < 4.78 is 5.50. The number of nitrogens with two attached hydrogens (primary N) is 1. The lowest BCUT2D eigenvalue weighted by atomic mass is 10.1. The van der Waals surface area contributed by atoms with Gasteiger partial charge in [-0.25, -0.2) is 0 Å². The minimum Gasteiger partial charge on any atom is -0.483 e. The van der Waals surface area contributed by atoms with Gasteiger partial charge < -0.3 is 20.6 Å². The fourth-order valence-electron chi connectivity index (χ4n) is 1.81. The molecule has 6 nitrogen and oxygen atoms in total.